The zero-order valence-electron chi connectivity index (χ0n) is 16.4. The molecule has 7 nitrogen and oxygen atoms in total. The third-order valence-electron chi connectivity index (χ3n) is 4.68. The van der Waals surface area contributed by atoms with Gasteiger partial charge in [-0.25, -0.2) is 9.18 Å². The van der Waals surface area contributed by atoms with Gasteiger partial charge in [0.15, 0.2) is 11.0 Å². The summed E-state index contributed by atoms with van der Waals surface area (Å²) < 4.78 is 21.2. The molecule has 1 aromatic heterocycles. The van der Waals surface area contributed by atoms with E-state index in [4.69, 9.17) is 4.74 Å². The van der Waals surface area contributed by atoms with Crippen LogP contribution in [0.4, 0.5) is 4.39 Å². The number of hydrogen-bond donors (Lipinski definition) is 0. The van der Waals surface area contributed by atoms with Crippen LogP contribution in [-0.2, 0) is 14.3 Å². The van der Waals surface area contributed by atoms with Crippen molar-refractivity contribution in [2.45, 2.75) is 31.0 Å². The molecule has 4 rings (SSSR count). The van der Waals surface area contributed by atoms with Crippen LogP contribution in [-0.4, -0.2) is 56.2 Å². The molecule has 2 aromatic rings. The van der Waals surface area contributed by atoms with Crippen molar-refractivity contribution in [1.82, 2.24) is 19.7 Å². The first-order valence-corrected chi connectivity index (χ1v) is 11.7. The smallest absolute Gasteiger partial charge is 0.333 e. The zero-order chi connectivity index (χ0) is 21.1. The normalized spacial score (nSPS) is 17.7. The van der Waals surface area contributed by atoms with Crippen molar-refractivity contribution in [2.24, 2.45) is 0 Å². The molecule has 1 saturated carbocycles. The first kappa shape index (κ1) is 20.9. The number of ether oxygens (including phenoxy) is 1. The third-order valence-corrected chi connectivity index (χ3v) is 6.62. The molecule has 2 heterocycles. The summed E-state index contributed by atoms with van der Waals surface area (Å²) >= 11 is 2.81. The Morgan fingerprint density at radius 1 is 1.37 bits per heavy atom. The van der Waals surface area contributed by atoms with Gasteiger partial charge in [-0.1, -0.05) is 35.7 Å². The number of hydrogen-bond acceptors (Lipinski definition) is 7. The summed E-state index contributed by atoms with van der Waals surface area (Å²) in [5, 5.41) is 9.85. The Labute approximate surface area is 182 Å². The molecule has 0 unspecified atom stereocenters. The summed E-state index contributed by atoms with van der Waals surface area (Å²) in [6.45, 7) is 2.47. The van der Waals surface area contributed by atoms with Crippen molar-refractivity contribution in [2.75, 3.05) is 24.7 Å². The number of aromatic nitrogens is 3. The van der Waals surface area contributed by atoms with Gasteiger partial charge < -0.3 is 9.64 Å². The number of nitrogens with zero attached hydrogens (tertiary/aromatic N) is 4. The number of rotatable bonds is 8. The predicted octanol–water partition coefficient (Wildman–Crippen LogP) is 3.49. The SMILES string of the molecule is CCOC(=O)/C=C1\SCC(=O)N1CCSc1nnc(-c2ccccc2F)n1C1CC1. The van der Waals surface area contributed by atoms with E-state index in [9.17, 15) is 14.0 Å². The lowest BCUT2D eigenvalue weighted by molar-refractivity contribution is -0.137. The van der Waals surface area contributed by atoms with Gasteiger partial charge in [-0.15, -0.1) is 10.2 Å². The summed E-state index contributed by atoms with van der Waals surface area (Å²) in [5.41, 5.74) is 0.439. The van der Waals surface area contributed by atoms with Crippen LogP contribution in [0.1, 0.15) is 25.8 Å². The average molecular weight is 449 g/mol. The summed E-state index contributed by atoms with van der Waals surface area (Å²) in [6, 6.07) is 6.84. The van der Waals surface area contributed by atoms with Gasteiger partial charge in [-0.2, -0.15) is 0 Å². The lowest BCUT2D eigenvalue weighted by atomic mass is 10.2. The van der Waals surface area contributed by atoms with Crippen LogP contribution in [0.15, 0.2) is 40.5 Å². The van der Waals surface area contributed by atoms with Gasteiger partial charge in [0.2, 0.25) is 5.91 Å². The predicted molar refractivity (Wildman–Crippen MR) is 113 cm³/mol. The monoisotopic (exact) mass is 448 g/mol. The van der Waals surface area contributed by atoms with Crippen LogP contribution in [0, 0.1) is 5.82 Å². The minimum Gasteiger partial charge on any atom is -0.463 e. The Balaban J connectivity index is 1.46. The molecule has 10 heteroatoms. The van der Waals surface area contributed by atoms with E-state index in [1.54, 1.807) is 30.0 Å². The second-order valence-electron chi connectivity index (χ2n) is 6.80. The van der Waals surface area contributed by atoms with E-state index in [1.807, 2.05) is 4.57 Å². The van der Waals surface area contributed by atoms with Gasteiger partial charge in [0.1, 0.15) is 5.82 Å². The van der Waals surface area contributed by atoms with Crippen molar-refractivity contribution in [3.8, 4) is 11.4 Å². The Morgan fingerprint density at radius 3 is 2.90 bits per heavy atom. The Hall–Kier alpha value is -2.33. The van der Waals surface area contributed by atoms with Gasteiger partial charge in [0.25, 0.3) is 0 Å². The van der Waals surface area contributed by atoms with Crippen molar-refractivity contribution in [3.63, 3.8) is 0 Å². The van der Waals surface area contributed by atoms with Crippen LogP contribution >= 0.6 is 23.5 Å². The van der Waals surface area contributed by atoms with Crippen LogP contribution < -0.4 is 0 Å². The van der Waals surface area contributed by atoms with Crippen LogP contribution in [0.25, 0.3) is 11.4 Å². The quantitative estimate of drug-likeness (QED) is 0.348. The first-order chi connectivity index (χ1) is 14.6. The summed E-state index contributed by atoms with van der Waals surface area (Å²) in [5.74, 6) is 0.619. The van der Waals surface area contributed by atoms with E-state index in [0.29, 0.717) is 39.6 Å². The lowest BCUT2D eigenvalue weighted by Crippen LogP contribution is -2.27. The topological polar surface area (TPSA) is 77.3 Å². The fourth-order valence-electron chi connectivity index (χ4n) is 3.15. The van der Waals surface area contributed by atoms with Crippen LogP contribution in [0.3, 0.4) is 0 Å². The van der Waals surface area contributed by atoms with Gasteiger partial charge in [-0.05, 0) is 31.9 Å². The van der Waals surface area contributed by atoms with E-state index >= 15 is 0 Å². The molecule has 1 amide bonds. The maximum absolute atomic E-state index is 14.3. The average Bonchev–Trinajstić information content (AvgIpc) is 3.40. The van der Waals surface area contributed by atoms with Crippen LogP contribution in [0.5, 0.6) is 0 Å². The molecule has 158 valence electrons. The molecule has 0 radical (unpaired) electrons. The number of halogens is 1. The van der Waals surface area contributed by atoms with Gasteiger partial charge in [0, 0.05) is 18.3 Å². The second-order valence-corrected chi connectivity index (χ2v) is 8.86. The number of esters is 1. The highest BCUT2D eigenvalue weighted by molar-refractivity contribution is 8.04. The van der Waals surface area contributed by atoms with Crippen LogP contribution in [0.2, 0.25) is 0 Å². The van der Waals surface area contributed by atoms with E-state index in [0.717, 1.165) is 12.8 Å². The standard InChI is InChI=1S/C20H21FN4O3S2/c1-2-28-18(27)11-17-24(16(26)12-30-17)9-10-29-20-23-22-19(25(20)13-7-8-13)14-5-3-4-6-15(14)21/h3-6,11,13H,2,7-10,12H2,1H3/b17-11-. The molecule has 30 heavy (non-hydrogen) atoms. The Morgan fingerprint density at radius 2 is 2.17 bits per heavy atom. The zero-order valence-corrected chi connectivity index (χ0v) is 18.0. The maximum Gasteiger partial charge on any atom is 0.333 e. The van der Waals surface area contributed by atoms with Crippen molar-refractivity contribution in [1.29, 1.82) is 0 Å². The third kappa shape index (κ3) is 4.54. The van der Waals surface area contributed by atoms with Crippen molar-refractivity contribution >= 4 is 35.4 Å². The summed E-state index contributed by atoms with van der Waals surface area (Å²) in [4.78, 5) is 25.5. The van der Waals surface area contributed by atoms with Gasteiger partial charge in [-0.3, -0.25) is 9.36 Å². The molecule has 0 atom stereocenters. The molecule has 0 N–H and O–H groups in total. The summed E-state index contributed by atoms with van der Waals surface area (Å²) in [7, 11) is 0. The van der Waals surface area contributed by atoms with E-state index in [1.165, 1.54) is 35.7 Å². The summed E-state index contributed by atoms with van der Waals surface area (Å²) in [6.07, 6.45) is 3.40. The van der Waals surface area contributed by atoms with E-state index in [2.05, 4.69) is 10.2 Å². The number of benzene rings is 1. The number of amides is 1. The fraction of sp³-hybridized carbons (Fsp3) is 0.400. The first-order valence-electron chi connectivity index (χ1n) is 9.72. The number of carbonyl (C=O) groups excluding carboxylic acids is 2. The molecule has 2 fully saturated rings. The Bertz CT molecular complexity index is 990. The highest BCUT2D eigenvalue weighted by atomic mass is 32.2. The fourth-order valence-corrected chi connectivity index (χ4v) is 5.03. The lowest BCUT2D eigenvalue weighted by Gasteiger charge is -2.16. The van der Waals surface area contributed by atoms with Crippen molar-refractivity contribution in [3.05, 3.63) is 41.2 Å². The molecule has 1 aliphatic carbocycles. The molecule has 0 bridgehead atoms. The minimum absolute atomic E-state index is 0.0353. The molecule has 1 aliphatic heterocycles. The minimum atomic E-state index is -0.449. The molecule has 1 aromatic carbocycles. The van der Waals surface area contributed by atoms with Gasteiger partial charge >= 0.3 is 5.97 Å². The highest BCUT2D eigenvalue weighted by Crippen LogP contribution is 2.41. The molecule has 1 saturated heterocycles. The maximum atomic E-state index is 14.3. The molecular weight excluding hydrogens is 427 g/mol. The van der Waals surface area contributed by atoms with E-state index < -0.39 is 5.97 Å². The molecule has 0 spiro atoms. The second kappa shape index (κ2) is 9.22. The number of carbonyl (C=O) groups is 2. The van der Waals surface area contributed by atoms with Crippen molar-refractivity contribution < 1.29 is 18.7 Å². The van der Waals surface area contributed by atoms with E-state index in [-0.39, 0.29) is 24.4 Å². The highest BCUT2D eigenvalue weighted by Gasteiger charge is 2.31. The Kier molecular flexibility index (Phi) is 6.43. The molecular formula is C20H21FN4O3S2. The largest absolute Gasteiger partial charge is 0.463 e. The number of thioether (sulfide) groups is 2. The molecule has 2 aliphatic rings. The van der Waals surface area contributed by atoms with Gasteiger partial charge in [0.05, 0.1) is 29.0 Å².